The van der Waals surface area contributed by atoms with Gasteiger partial charge in [-0.2, -0.15) is 10.2 Å². The van der Waals surface area contributed by atoms with Gasteiger partial charge in [-0.1, -0.05) is 18.2 Å². The molecule has 27 heavy (non-hydrogen) atoms. The number of aryl methyl sites for hydroxylation is 1. The summed E-state index contributed by atoms with van der Waals surface area (Å²) in [7, 11) is 0. The number of aromatic nitrogens is 4. The van der Waals surface area contributed by atoms with Crippen LogP contribution in [0.15, 0.2) is 41.3 Å². The van der Waals surface area contributed by atoms with Crippen LogP contribution in [0.3, 0.4) is 0 Å². The van der Waals surface area contributed by atoms with Gasteiger partial charge in [0.2, 0.25) is 5.91 Å². The van der Waals surface area contributed by atoms with E-state index in [4.69, 9.17) is 0 Å². The summed E-state index contributed by atoms with van der Waals surface area (Å²) in [6, 6.07) is 9.41. The molecule has 8 heteroatoms. The van der Waals surface area contributed by atoms with Crippen molar-refractivity contribution in [2.24, 2.45) is 0 Å². The summed E-state index contributed by atoms with van der Waals surface area (Å²) in [4.78, 5) is 24.5. The maximum absolute atomic E-state index is 12.4. The molecule has 0 saturated heterocycles. The minimum Gasteiger partial charge on any atom is -0.354 e. The second-order valence-electron chi connectivity index (χ2n) is 6.64. The molecule has 1 aliphatic rings. The van der Waals surface area contributed by atoms with Crippen molar-refractivity contribution < 1.29 is 4.79 Å². The van der Waals surface area contributed by atoms with Crippen LogP contribution in [0.1, 0.15) is 17.8 Å². The van der Waals surface area contributed by atoms with Crippen LogP contribution < -0.4 is 16.2 Å². The summed E-state index contributed by atoms with van der Waals surface area (Å²) in [6.45, 7) is 3.34. The average Bonchev–Trinajstić information content (AvgIpc) is 3.11. The van der Waals surface area contributed by atoms with Crippen molar-refractivity contribution in [1.29, 1.82) is 0 Å². The Labute approximate surface area is 156 Å². The summed E-state index contributed by atoms with van der Waals surface area (Å²) in [5, 5.41) is 16.3. The van der Waals surface area contributed by atoms with Gasteiger partial charge in [0.05, 0.1) is 36.1 Å². The number of hydrogen-bond acceptors (Lipinski definition) is 5. The second kappa shape index (κ2) is 7.71. The first kappa shape index (κ1) is 17.4. The van der Waals surface area contributed by atoms with Crippen LogP contribution in [0.2, 0.25) is 0 Å². The quantitative estimate of drug-likeness (QED) is 0.660. The highest BCUT2D eigenvalue weighted by Crippen LogP contribution is 2.09. The molecule has 2 N–H and O–H groups in total. The fraction of sp³-hybridized carbons (Fsp3) is 0.368. The largest absolute Gasteiger partial charge is 0.354 e. The highest BCUT2D eigenvalue weighted by molar-refractivity contribution is 5.80. The minimum atomic E-state index is -0.139. The fourth-order valence-corrected chi connectivity index (χ4v) is 3.29. The predicted octanol–water partition coefficient (Wildman–Crippen LogP) is 0.445. The van der Waals surface area contributed by atoms with Gasteiger partial charge in [0, 0.05) is 37.9 Å². The van der Waals surface area contributed by atoms with Crippen LogP contribution in [-0.2, 0) is 30.8 Å². The Balaban J connectivity index is 1.28. The highest BCUT2D eigenvalue weighted by Gasteiger charge is 2.12. The summed E-state index contributed by atoms with van der Waals surface area (Å²) >= 11 is 0. The molecule has 0 spiro atoms. The van der Waals surface area contributed by atoms with Crippen LogP contribution >= 0.6 is 0 Å². The molecule has 1 aliphatic heterocycles. The lowest BCUT2D eigenvalue weighted by Gasteiger charge is -2.13. The predicted molar refractivity (Wildman–Crippen MR) is 101 cm³/mol. The number of benzene rings is 1. The summed E-state index contributed by atoms with van der Waals surface area (Å²) in [5.74, 6) is -0.0482. The molecule has 0 fully saturated rings. The number of amides is 1. The average molecular weight is 366 g/mol. The van der Waals surface area contributed by atoms with Crippen LogP contribution in [0.5, 0.6) is 0 Å². The first-order valence-electron chi connectivity index (χ1n) is 9.18. The second-order valence-corrected chi connectivity index (χ2v) is 6.64. The third-order valence-electron chi connectivity index (χ3n) is 4.74. The third kappa shape index (κ3) is 3.90. The van der Waals surface area contributed by atoms with E-state index < -0.39 is 0 Å². The molecule has 3 aromatic rings. The number of carbonyl (C=O) groups is 1. The van der Waals surface area contributed by atoms with Crippen molar-refractivity contribution in [3.05, 3.63) is 58.3 Å². The number of hydrogen-bond donors (Lipinski definition) is 2. The van der Waals surface area contributed by atoms with Gasteiger partial charge in [-0.3, -0.25) is 14.3 Å². The Morgan fingerprint density at radius 1 is 1.30 bits per heavy atom. The van der Waals surface area contributed by atoms with Crippen LogP contribution in [0.4, 0.5) is 0 Å². The molecule has 0 aliphatic carbocycles. The van der Waals surface area contributed by atoms with Gasteiger partial charge in [0.1, 0.15) is 0 Å². The highest BCUT2D eigenvalue weighted by atomic mass is 16.1. The van der Waals surface area contributed by atoms with Crippen molar-refractivity contribution in [3.63, 3.8) is 0 Å². The zero-order chi connectivity index (χ0) is 18.6. The van der Waals surface area contributed by atoms with Crippen molar-refractivity contribution in [2.75, 3.05) is 13.1 Å². The number of nitrogens with one attached hydrogen (secondary N) is 2. The maximum Gasteiger partial charge on any atom is 0.274 e. The number of nitrogens with zero attached hydrogens (tertiary/aromatic N) is 4. The van der Waals surface area contributed by atoms with E-state index in [1.807, 2.05) is 22.9 Å². The first-order chi connectivity index (χ1) is 13.2. The lowest BCUT2D eigenvalue weighted by atomic mass is 10.2. The SMILES string of the molecule is O=C(CCc1cc2n(n1)CCNC2)NCCn1ncc2ccccc2c1=O. The number of rotatable bonds is 6. The summed E-state index contributed by atoms with van der Waals surface area (Å²) < 4.78 is 3.39. The monoisotopic (exact) mass is 366 g/mol. The van der Waals surface area contributed by atoms with Crippen LogP contribution in [0.25, 0.3) is 10.8 Å². The van der Waals surface area contributed by atoms with E-state index >= 15 is 0 Å². The van der Waals surface area contributed by atoms with Gasteiger partial charge in [-0.15, -0.1) is 0 Å². The van der Waals surface area contributed by atoms with Gasteiger partial charge in [0.25, 0.3) is 5.56 Å². The van der Waals surface area contributed by atoms with E-state index in [1.54, 1.807) is 12.3 Å². The third-order valence-corrected chi connectivity index (χ3v) is 4.74. The molecular weight excluding hydrogens is 344 g/mol. The molecule has 2 aromatic heterocycles. The molecule has 1 amide bonds. The number of carbonyl (C=O) groups excluding carboxylic acids is 1. The number of fused-ring (bicyclic) bond motifs is 2. The molecule has 4 rings (SSSR count). The molecular formula is C19H22N6O2. The normalized spacial score (nSPS) is 13.5. The Kier molecular flexibility index (Phi) is 4.97. The Bertz CT molecular complexity index is 999. The van der Waals surface area contributed by atoms with Crippen molar-refractivity contribution in [3.8, 4) is 0 Å². The lowest BCUT2D eigenvalue weighted by Crippen LogP contribution is -2.32. The van der Waals surface area contributed by atoms with Crippen molar-refractivity contribution in [1.82, 2.24) is 30.2 Å². The first-order valence-corrected chi connectivity index (χ1v) is 9.18. The van der Waals surface area contributed by atoms with E-state index in [1.165, 1.54) is 10.4 Å². The smallest absolute Gasteiger partial charge is 0.274 e. The molecule has 0 unspecified atom stereocenters. The van der Waals surface area contributed by atoms with Crippen molar-refractivity contribution >= 4 is 16.7 Å². The van der Waals surface area contributed by atoms with Crippen molar-refractivity contribution in [2.45, 2.75) is 32.5 Å². The van der Waals surface area contributed by atoms with Gasteiger partial charge >= 0.3 is 0 Å². The lowest BCUT2D eigenvalue weighted by molar-refractivity contribution is -0.121. The van der Waals surface area contributed by atoms with E-state index in [0.29, 0.717) is 31.3 Å². The Morgan fingerprint density at radius 2 is 2.19 bits per heavy atom. The van der Waals surface area contributed by atoms with Gasteiger partial charge in [-0.25, -0.2) is 4.68 Å². The fourth-order valence-electron chi connectivity index (χ4n) is 3.29. The Morgan fingerprint density at radius 3 is 3.07 bits per heavy atom. The molecule has 8 nitrogen and oxygen atoms in total. The van der Waals surface area contributed by atoms with E-state index in [2.05, 4.69) is 26.9 Å². The van der Waals surface area contributed by atoms with Crippen LogP contribution in [0, 0.1) is 0 Å². The molecule has 0 radical (unpaired) electrons. The molecule has 1 aromatic carbocycles. The maximum atomic E-state index is 12.4. The minimum absolute atomic E-state index is 0.0482. The topological polar surface area (TPSA) is 93.8 Å². The van der Waals surface area contributed by atoms with E-state index in [-0.39, 0.29) is 11.5 Å². The van der Waals surface area contributed by atoms with Gasteiger partial charge in [-0.05, 0) is 12.1 Å². The zero-order valence-corrected chi connectivity index (χ0v) is 15.0. The molecule has 0 saturated carbocycles. The summed E-state index contributed by atoms with van der Waals surface area (Å²) in [5.41, 5.74) is 1.97. The standard InChI is InChI=1S/C19H22N6O2/c26-18(6-5-15-11-16-13-20-7-9-24(16)23-15)21-8-10-25-19(27)17-4-2-1-3-14(17)12-22-25/h1-4,11-12,20H,5-10,13H2,(H,21,26). The van der Waals surface area contributed by atoms with Gasteiger partial charge < -0.3 is 10.6 Å². The van der Waals surface area contributed by atoms with Gasteiger partial charge in [0.15, 0.2) is 0 Å². The molecule has 3 heterocycles. The van der Waals surface area contributed by atoms with E-state index in [0.717, 1.165) is 30.7 Å². The van der Waals surface area contributed by atoms with E-state index in [9.17, 15) is 9.59 Å². The Hall–Kier alpha value is -3.00. The molecule has 140 valence electrons. The zero-order valence-electron chi connectivity index (χ0n) is 15.0. The molecule has 0 bridgehead atoms. The summed E-state index contributed by atoms with van der Waals surface area (Å²) in [6.07, 6.45) is 2.66. The molecule has 0 atom stereocenters. The van der Waals surface area contributed by atoms with Crippen LogP contribution in [-0.4, -0.2) is 38.6 Å².